The van der Waals surface area contributed by atoms with Crippen LogP contribution in [0.25, 0.3) is 10.9 Å². The molecule has 134 valence electrons. The highest BCUT2D eigenvalue weighted by Crippen LogP contribution is 2.26. The topological polar surface area (TPSA) is 64.8 Å². The third-order valence-corrected chi connectivity index (χ3v) is 4.07. The fraction of sp³-hybridized carbons (Fsp3) is 0.200. The molecule has 6 nitrogen and oxygen atoms in total. The summed E-state index contributed by atoms with van der Waals surface area (Å²) in [5.41, 5.74) is 4.48. The van der Waals surface area contributed by atoms with Gasteiger partial charge < -0.3 is 14.0 Å². The Morgan fingerprint density at radius 3 is 2.73 bits per heavy atom. The van der Waals surface area contributed by atoms with E-state index >= 15 is 0 Å². The zero-order chi connectivity index (χ0) is 18.4. The number of benzene rings is 2. The Morgan fingerprint density at radius 2 is 1.92 bits per heavy atom. The Hall–Kier alpha value is -3.28. The van der Waals surface area contributed by atoms with Gasteiger partial charge in [-0.15, -0.1) is 0 Å². The summed E-state index contributed by atoms with van der Waals surface area (Å²) in [4.78, 5) is 12.0. The molecule has 0 unspecified atom stereocenters. The van der Waals surface area contributed by atoms with Crippen LogP contribution in [0.4, 0.5) is 0 Å². The molecule has 0 radical (unpaired) electrons. The highest BCUT2D eigenvalue weighted by molar-refractivity contribution is 5.83. The number of methoxy groups -OCH3 is 2. The molecule has 0 saturated carbocycles. The van der Waals surface area contributed by atoms with Gasteiger partial charge in [0.05, 0.1) is 20.4 Å². The summed E-state index contributed by atoms with van der Waals surface area (Å²) in [6, 6.07) is 15.6. The van der Waals surface area contributed by atoms with E-state index in [2.05, 4.69) is 21.2 Å². The molecular formula is C20H21N3O3. The third kappa shape index (κ3) is 4.03. The average molecular weight is 351 g/mol. The van der Waals surface area contributed by atoms with Gasteiger partial charge in [-0.25, -0.2) is 5.43 Å². The molecule has 0 aliphatic heterocycles. The molecule has 3 rings (SSSR count). The van der Waals surface area contributed by atoms with Gasteiger partial charge in [0.2, 0.25) is 5.91 Å². The first-order chi connectivity index (χ1) is 12.7. The first-order valence-corrected chi connectivity index (χ1v) is 8.29. The van der Waals surface area contributed by atoms with Crippen molar-refractivity contribution >= 4 is 23.0 Å². The van der Waals surface area contributed by atoms with Crippen molar-refractivity contribution in [3.63, 3.8) is 0 Å². The van der Waals surface area contributed by atoms with E-state index in [1.807, 2.05) is 36.5 Å². The van der Waals surface area contributed by atoms with E-state index in [1.165, 1.54) is 5.39 Å². The minimum absolute atomic E-state index is 0.139. The number of carbonyl (C=O) groups excluding carboxylic acids is 1. The van der Waals surface area contributed by atoms with Crippen LogP contribution < -0.4 is 14.9 Å². The van der Waals surface area contributed by atoms with Gasteiger partial charge >= 0.3 is 0 Å². The van der Waals surface area contributed by atoms with Crippen molar-refractivity contribution in [2.75, 3.05) is 14.2 Å². The molecule has 0 spiro atoms. The standard InChI is InChI=1S/C20H21N3O3/c1-25-18-8-7-15(13-19(18)26-2)14-21-22-20(24)10-12-23-11-9-16-5-3-4-6-17(16)23/h3-9,11,13-14H,10,12H2,1-2H3,(H,22,24)/b21-14-. The van der Waals surface area contributed by atoms with Crippen molar-refractivity contribution in [3.05, 3.63) is 60.3 Å². The summed E-state index contributed by atoms with van der Waals surface area (Å²) in [5.74, 6) is 1.12. The molecule has 0 aliphatic rings. The number of ether oxygens (including phenoxy) is 2. The molecular weight excluding hydrogens is 330 g/mol. The van der Waals surface area contributed by atoms with Crippen molar-refractivity contribution in [1.82, 2.24) is 9.99 Å². The quantitative estimate of drug-likeness (QED) is 0.525. The summed E-state index contributed by atoms with van der Waals surface area (Å²) in [6.07, 6.45) is 3.91. The molecule has 1 aromatic heterocycles. The number of hydrazone groups is 1. The summed E-state index contributed by atoms with van der Waals surface area (Å²) in [5, 5.41) is 5.17. The van der Waals surface area contributed by atoms with Crippen LogP contribution >= 0.6 is 0 Å². The number of hydrogen-bond donors (Lipinski definition) is 1. The molecule has 1 heterocycles. The maximum Gasteiger partial charge on any atom is 0.241 e. The second-order valence-corrected chi connectivity index (χ2v) is 5.73. The Labute approximate surface area is 152 Å². The van der Waals surface area contributed by atoms with Crippen LogP contribution in [0, 0.1) is 0 Å². The van der Waals surface area contributed by atoms with Crippen LogP contribution in [0.15, 0.2) is 59.8 Å². The number of para-hydroxylation sites is 1. The lowest BCUT2D eigenvalue weighted by atomic mass is 10.2. The SMILES string of the molecule is COc1ccc(/C=N\NC(=O)CCn2ccc3ccccc32)cc1OC. The maximum atomic E-state index is 12.0. The van der Waals surface area contributed by atoms with Crippen LogP contribution in [-0.2, 0) is 11.3 Å². The first-order valence-electron chi connectivity index (χ1n) is 8.29. The summed E-state index contributed by atoms with van der Waals surface area (Å²) >= 11 is 0. The molecule has 0 atom stereocenters. The molecule has 2 aromatic carbocycles. The first kappa shape index (κ1) is 17.5. The van der Waals surface area contributed by atoms with E-state index in [0.29, 0.717) is 24.5 Å². The summed E-state index contributed by atoms with van der Waals surface area (Å²) < 4.78 is 12.5. The van der Waals surface area contributed by atoms with Crippen LogP contribution in [0.3, 0.4) is 0 Å². The molecule has 0 fully saturated rings. The number of nitrogens with zero attached hydrogens (tertiary/aromatic N) is 2. The van der Waals surface area contributed by atoms with Gasteiger partial charge in [-0.2, -0.15) is 5.10 Å². The lowest BCUT2D eigenvalue weighted by Crippen LogP contribution is -2.19. The van der Waals surface area contributed by atoms with Gasteiger partial charge in [-0.05, 0) is 41.3 Å². The van der Waals surface area contributed by atoms with E-state index in [9.17, 15) is 4.79 Å². The van der Waals surface area contributed by atoms with Crippen LogP contribution in [0.5, 0.6) is 11.5 Å². The number of amides is 1. The van der Waals surface area contributed by atoms with Crippen LogP contribution in [0.2, 0.25) is 0 Å². The molecule has 3 aromatic rings. The van der Waals surface area contributed by atoms with Gasteiger partial charge in [0.25, 0.3) is 0 Å². The second-order valence-electron chi connectivity index (χ2n) is 5.73. The summed E-state index contributed by atoms with van der Waals surface area (Å²) in [7, 11) is 3.16. The minimum atomic E-state index is -0.139. The fourth-order valence-corrected chi connectivity index (χ4v) is 2.73. The highest BCUT2D eigenvalue weighted by atomic mass is 16.5. The fourth-order valence-electron chi connectivity index (χ4n) is 2.73. The molecule has 0 bridgehead atoms. The molecule has 6 heteroatoms. The van der Waals surface area contributed by atoms with Crippen molar-refractivity contribution < 1.29 is 14.3 Å². The van der Waals surface area contributed by atoms with Gasteiger partial charge in [-0.3, -0.25) is 4.79 Å². The second kappa shape index (κ2) is 8.20. The smallest absolute Gasteiger partial charge is 0.241 e. The van der Waals surface area contributed by atoms with Crippen molar-refractivity contribution in [2.24, 2.45) is 5.10 Å². The largest absolute Gasteiger partial charge is 0.493 e. The lowest BCUT2D eigenvalue weighted by molar-refractivity contribution is -0.121. The zero-order valence-corrected chi connectivity index (χ0v) is 14.8. The predicted octanol–water partition coefficient (Wildman–Crippen LogP) is 3.20. The Balaban J connectivity index is 1.54. The molecule has 0 aliphatic carbocycles. The Bertz CT molecular complexity index is 931. The van der Waals surface area contributed by atoms with E-state index in [1.54, 1.807) is 32.6 Å². The number of hydrogen-bond acceptors (Lipinski definition) is 4. The van der Waals surface area contributed by atoms with E-state index in [4.69, 9.17) is 9.47 Å². The predicted molar refractivity (Wildman–Crippen MR) is 102 cm³/mol. The zero-order valence-electron chi connectivity index (χ0n) is 14.8. The van der Waals surface area contributed by atoms with Gasteiger partial charge in [0, 0.05) is 24.7 Å². The van der Waals surface area contributed by atoms with E-state index < -0.39 is 0 Å². The highest BCUT2D eigenvalue weighted by Gasteiger charge is 2.05. The van der Waals surface area contributed by atoms with Gasteiger partial charge in [0.1, 0.15) is 0 Å². The number of rotatable bonds is 7. The van der Waals surface area contributed by atoms with Crippen molar-refractivity contribution in [2.45, 2.75) is 13.0 Å². The molecule has 0 saturated heterocycles. The number of carbonyl (C=O) groups is 1. The van der Waals surface area contributed by atoms with E-state index in [-0.39, 0.29) is 5.91 Å². The minimum Gasteiger partial charge on any atom is -0.493 e. The van der Waals surface area contributed by atoms with Gasteiger partial charge in [-0.1, -0.05) is 18.2 Å². The Morgan fingerprint density at radius 1 is 1.12 bits per heavy atom. The van der Waals surface area contributed by atoms with Crippen LogP contribution in [-0.4, -0.2) is 30.9 Å². The molecule has 1 amide bonds. The molecule has 26 heavy (non-hydrogen) atoms. The molecule has 1 N–H and O–H groups in total. The van der Waals surface area contributed by atoms with Crippen molar-refractivity contribution in [1.29, 1.82) is 0 Å². The number of nitrogens with one attached hydrogen (secondary N) is 1. The number of aromatic nitrogens is 1. The van der Waals surface area contributed by atoms with E-state index in [0.717, 1.165) is 11.1 Å². The third-order valence-electron chi connectivity index (χ3n) is 4.07. The lowest BCUT2D eigenvalue weighted by Gasteiger charge is -2.07. The maximum absolute atomic E-state index is 12.0. The number of aryl methyl sites for hydroxylation is 1. The normalized spacial score (nSPS) is 11.0. The number of fused-ring (bicyclic) bond motifs is 1. The Kier molecular flexibility index (Phi) is 5.53. The van der Waals surface area contributed by atoms with Crippen molar-refractivity contribution in [3.8, 4) is 11.5 Å². The van der Waals surface area contributed by atoms with Crippen LogP contribution in [0.1, 0.15) is 12.0 Å². The summed E-state index contributed by atoms with van der Waals surface area (Å²) in [6.45, 7) is 0.602. The average Bonchev–Trinajstić information content (AvgIpc) is 3.09. The van der Waals surface area contributed by atoms with Gasteiger partial charge in [0.15, 0.2) is 11.5 Å². The monoisotopic (exact) mass is 351 g/mol.